The van der Waals surface area contributed by atoms with Crippen LogP contribution in [0.3, 0.4) is 0 Å². The summed E-state index contributed by atoms with van der Waals surface area (Å²) in [6.45, 7) is 3.08. The Balaban J connectivity index is 1.80. The first kappa shape index (κ1) is 13.7. The highest BCUT2D eigenvalue weighted by molar-refractivity contribution is 7.15. The summed E-state index contributed by atoms with van der Waals surface area (Å²) in [4.78, 5) is 5.64. The van der Waals surface area contributed by atoms with Crippen molar-refractivity contribution in [3.8, 4) is 0 Å². The lowest BCUT2D eigenvalue weighted by atomic mass is 10.1. The van der Waals surface area contributed by atoms with E-state index in [4.69, 9.17) is 16.0 Å². The van der Waals surface area contributed by atoms with Crippen molar-refractivity contribution in [3.63, 3.8) is 0 Å². The Morgan fingerprint density at radius 3 is 3.10 bits per heavy atom. The van der Waals surface area contributed by atoms with Crippen molar-refractivity contribution in [3.05, 3.63) is 46.6 Å². The SMILES string of the molecule is CCCNC(Cc1cn2ccsc2n1)c1ccc(Cl)o1. The molecule has 3 aromatic heterocycles. The second kappa shape index (κ2) is 5.99. The van der Waals surface area contributed by atoms with Gasteiger partial charge in [0.15, 0.2) is 10.2 Å². The average molecular weight is 310 g/mol. The van der Waals surface area contributed by atoms with Gasteiger partial charge in [-0.3, -0.25) is 4.40 Å². The number of thiazole rings is 1. The van der Waals surface area contributed by atoms with Gasteiger partial charge in [0.2, 0.25) is 0 Å². The van der Waals surface area contributed by atoms with E-state index in [1.165, 1.54) is 0 Å². The van der Waals surface area contributed by atoms with Gasteiger partial charge in [0.05, 0.1) is 11.7 Å². The van der Waals surface area contributed by atoms with E-state index in [-0.39, 0.29) is 6.04 Å². The van der Waals surface area contributed by atoms with Crippen LogP contribution in [0.25, 0.3) is 4.96 Å². The standard InChI is InChI=1S/C14H16ClN3OS/c1-2-5-16-11(12-3-4-13(15)19-12)8-10-9-18-6-7-20-14(18)17-10/h3-4,6-7,9,11,16H,2,5,8H2,1H3. The number of fused-ring (bicyclic) bond motifs is 1. The van der Waals surface area contributed by atoms with Crippen molar-refractivity contribution >= 4 is 27.9 Å². The highest BCUT2D eigenvalue weighted by Gasteiger charge is 2.17. The molecule has 0 amide bonds. The van der Waals surface area contributed by atoms with E-state index < -0.39 is 0 Å². The molecular weight excluding hydrogens is 294 g/mol. The number of nitrogens with zero attached hydrogens (tertiary/aromatic N) is 2. The first-order valence-electron chi connectivity index (χ1n) is 6.66. The quantitative estimate of drug-likeness (QED) is 0.750. The lowest BCUT2D eigenvalue weighted by Gasteiger charge is -2.14. The lowest BCUT2D eigenvalue weighted by molar-refractivity contribution is 0.410. The summed E-state index contributed by atoms with van der Waals surface area (Å²) < 4.78 is 7.59. The number of aromatic nitrogens is 2. The summed E-state index contributed by atoms with van der Waals surface area (Å²) >= 11 is 7.52. The van der Waals surface area contributed by atoms with Gasteiger partial charge >= 0.3 is 0 Å². The lowest BCUT2D eigenvalue weighted by Crippen LogP contribution is -2.23. The molecule has 6 heteroatoms. The average Bonchev–Trinajstić information content (AvgIpc) is 3.09. The molecule has 3 heterocycles. The van der Waals surface area contributed by atoms with Gasteiger partial charge in [-0.2, -0.15) is 0 Å². The fourth-order valence-electron chi connectivity index (χ4n) is 2.19. The summed E-state index contributed by atoms with van der Waals surface area (Å²) in [5, 5.41) is 5.94. The minimum atomic E-state index is 0.104. The summed E-state index contributed by atoms with van der Waals surface area (Å²) in [5.74, 6) is 0.861. The number of furan rings is 1. The summed E-state index contributed by atoms with van der Waals surface area (Å²) in [6.07, 6.45) is 5.95. The molecule has 1 atom stereocenters. The van der Waals surface area contributed by atoms with Crippen molar-refractivity contribution in [2.45, 2.75) is 25.8 Å². The first-order chi connectivity index (χ1) is 9.76. The fraction of sp³-hybridized carbons (Fsp3) is 0.357. The van der Waals surface area contributed by atoms with E-state index in [9.17, 15) is 0 Å². The zero-order valence-corrected chi connectivity index (χ0v) is 12.7. The van der Waals surface area contributed by atoms with Gasteiger partial charge in [-0.25, -0.2) is 4.98 Å². The number of nitrogens with one attached hydrogen (secondary N) is 1. The van der Waals surface area contributed by atoms with E-state index in [0.29, 0.717) is 5.22 Å². The van der Waals surface area contributed by atoms with Gasteiger partial charge in [0.1, 0.15) is 5.76 Å². The van der Waals surface area contributed by atoms with Crippen LogP contribution in [-0.2, 0) is 6.42 Å². The fourth-order valence-corrected chi connectivity index (χ4v) is 3.06. The van der Waals surface area contributed by atoms with Crippen LogP contribution < -0.4 is 5.32 Å². The molecule has 0 fully saturated rings. The molecule has 106 valence electrons. The third-order valence-electron chi connectivity index (χ3n) is 3.13. The van der Waals surface area contributed by atoms with Gasteiger partial charge < -0.3 is 9.73 Å². The molecule has 3 rings (SSSR count). The van der Waals surface area contributed by atoms with E-state index in [2.05, 4.69) is 23.4 Å². The van der Waals surface area contributed by atoms with Crippen molar-refractivity contribution in [1.82, 2.24) is 14.7 Å². The van der Waals surface area contributed by atoms with Crippen LogP contribution in [0, 0.1) is 0 Å². The maximum absolute atomic E-state index is 5.88. The molecule has 0 saturated carbocycles. The Labute approximate surface area is 126 Å². The Morgan fingerprint density at radius 1 is 1.50 bits per heavy atom. The summed E-state index contributed by atoms with van der Waals surface area (Å²) in [6, 6.07) is 3.81. The molecule has 0 spiro atoms. The van der Waals surface area contributed by atoms with Crippen LogP contribution in [0.2, 0.25) is 5.22 Å². The topological polar surface area (TPSA) is 42.5 Å². The van der Waals surface area contributed by atoms with E-state index >= 15 is 0 Å². The minimum Gasteiger partial charge on any atom is -0.448 e. The number of hydrogen-bond acceptors (Lipinski definition) is 4. The van der Waals surface area contributed by atoms with Gasteiger partial charge in [0, 0.05) is 24.2 Å². The molecule has 0 aromatic carbocycles. The first-order valence-corrected chi connectivity index (χ1v) is 7.91. The molecule has 0 aliphatic rings. The summed E-state index contributed by atoms with van der Waals surface area (Å²) in [5.41, 5.74) is 1.05. The Hall–Kier alpha value is -1.30. The van der Waals surface area contributed by atoms with Gasteiger partial charge in [-0.05, 0) is 36.7 Å². The van der Waals surface area contributed by atoms with Crippen LogP contribution in [0.1, 0.15) is 30.8 Å². The molecule has 1 N–H and O–H groups in total. The summed E-state index contributed by atoms with van der Waals surface area (Å²) in [7, 11) is 0. The zero-order chi connectivity index (χ0) is 13.9. The van der Waals surface area contributed by atoms with Crippen molar-refractivity contribution in [1.29, 1.82) is 0 Å². The number of hydrogen-bond donors (Lipinski definition) is 1. The molecule has 0 radical (unpaired) electrons. The van der Waals surface area contributed by atoms with Crippen LogP contribution in [0.5, 0.6) is 0 Å². The molecule has 20 heavy (non-hydrogen) atoms. The monoisotopic (exact) mass is 309 g/mol. The largest absolute Gasteiger partial charge is 0.448 e. The van der Waals surface area contributed by atoms with Crippen LogP contribution in [-0.4, -0.2) is 15.9 Å². The molecule has 0 aliphatic heterocycles. The van der Waals surface area contributed by atoms with E-state index in [1.807, 2.05) is 22.0 Å². The van der Waals surface area contributed by atoms with Crippen molar-refractivity contribution in [2.75, 3.05) is 6.54 Å². The Morgan fingerprint density at radius 2 is 2.40 bits per heavy atom. The second-order valence-electron chi connectivity index (χ2n) is 4.68. The second-order valence-corrected chi connectivity index (χ2v) is 5.92. The maximum atomic E-state index is 5.88. The van der Waals surface area contributed by atoms with Gasteiger partial charge in [-0.1, -0.05) is 6.92 Å². The zero-order valence-electron chi connectivity index (χ0n) is 11.2. The number of halogens is 1. The minimum absolute atomic E-state index is 0.104. The van der Waals surface area contributed by atoms with Gasteiger partial charge in [-0.15, -0.1) is 11.3 Å². The molecule has 0 bridgehead atoms. The van der Waals surface area contributed by atoms with Crippen molar-refractivity contribution in [2.24, 2.45) is 0 Å². The smallest absolute Gasteiger partial charge is 0.193 e. The highest BCUT2D eigenvalue weighted by Crippen LogP contribution is 2.24. The van der Waals surface area contributed by atoms with Crippen molar-refractivity contribution < 1.29 is 4.42 Å². The maximum Gasteiger partial charge on any atom is 0.193 e. The van der Waals surface area contributed by atoms with E-state index in [1.54, 1.807) is 17.4 Å². The number of imidazole rings is 1. The molecule has 4 nitrogen and oxygen atoms in total. The normalized spacial score (nSPS) is 13.1. The Bertz CT molecular complexity index is 659. The third-order valence-corrected chi connectivity index (χ3v) is 4.11. The predicted octanol–water partition coefficient (Wildman–Crippen LogP) is 3.93. The van der Waals surface area contributed by atoms with Crippen LogP contribution in [0.4, 0.5) is 0 Å². The van der Waals surface area contributed by atoms with Gasteiger partial charge in [0.25, 0.3) is 0 Å². The Kier molecular flexibility index (Phi) is 4.10. The molecule has 0 saturated heterocycles. The highest BCUT2D eigenvalue weighted by atomic mass is 35.5. The molecule has 0 aliphatic carbocycles. The number of rotatable bonds is 6. The van der Waals surface area contributed by atoms with E-state index in [0.717, 1.165) is 35.8 Å². The molecule has 1 unspecified atom stereocenters. The van der Waals surface area contributed by atoms with Crippen LogP contribution in [0.15, 0.2) is 34.3 Å². The predicted molar refractivity (Wildman–Crippen MR) is 81.5 cm³/mol. The third kappa shape index (κ3) is 2.90. The van der Waals surface area contributed by atoms with Crippen LogP contribution >= 0.6 is 22.9 Å². The molecule has 3 aromatic rings. The molecular formula is C14H16ClN3OS.